The fourth-order valence-corrected chi connectivity index (χ4v) is 7.85. The van der Waals surface area contributed by atoms with E-state index in [1.807, 2.05) is 6.92 Å². The van der Waals surface area contributed by atoms with Crippen LogP contribution in [-0.2, 0) is 9.59 Å². The number of aliphatic hydroxyl groups is 1. The third-order valence-corrected chi connectivity index (χ3v) is 9.24. The molecule has 0 spiro atoms. The van der Waals surface area contributed by atoms with E-state index in [0.29, 0.717) is 42.2 Å². The van der Waals surface area contributed by atoms with Crippen molar-refractivity contribution in [2.45, 2.75) is 84.7 Å². The Morgan fingerprint density at radius 1 is 1.00 bits per heavy atom. The van der Waals surface area contributed by atoms with Crippen molar-refractivity contribution in [3.05, 3.63) is 0 Å². The van der Waals surface area contributed by atoms with Crippen LogP contribution < -0.4 is 0 Å². The molecular weight excluding hydrogens is 312 g/mol. The predicted octanol–water partition coefficient (Wildman–Crippen LogP) is 4.16. The first-order valence-corrected chi connectivity index (χ1v) is 10.3. The summed E-state index contributed by atoms with van der Waals surface area (Å²) < 4.78 is 0. The van der Waals surface area contributed by atoms with Gasteiger partial charge < -0.3 is 5.11 Å². The van der Waals surface area contributed by atoms with Gasteiger partial charge in [-0.25, -0.2) is 0 Å². The number of fused-ring (bicyclic) bond motifs is 5. The van der Waals surface area contributed by atoms with E-state index in [0.717, 1.165) is 38.5 Å². The highest BCUT2D eigenvalue weighted by molar-refractivity contribution is 5.84. The minimum atomic E-state index is -0.678. The number of hydrogen-bond acceptors (Lipinski definition) is 3. The number of hydrogen-bond donors (Lipinski definition) is 1. The van der Waals surface area contributed by atoms with Crippen molar-refractivity contribution in [2.24, 2.45) is 40.4 Å². The van der Waals surface area contributed by atoms with Gasteiger partial charge >= 0.3 is 0 Å². The molecule has 0 radical (unpaired) electrons. The Labute approximate surface area is 151 Å². The minimum Gasteiger partial charge on any atom is -0.390 e. The summed E-state index contributed by atoms with van der Waals surface area (Å²) in [5, 5.41) is 10.5. The number of carbonyl (C=O) groups is 2. The monoisotopic (exact) mass is 346 g/mol. The largest absolute Gasteiger partial charge is 0.390 e. The van der Waals surface area contributed by atoms with E-state index >= 15 is 0 Å². The Hall–Kier alpha value is -0.700. The van der Waals surface area contributed by atoms with Crippen molar-refractivity contribution >= 4 is 11.6 Å². The highest BCUT2D eigenvalue weighted by Crippen LogP contribution is 2.67. The van der Waals surface area contributed by atoms with Gasteiger partial charge in [0.1, 0.15) is 11.6 Å². The molecule has 0 amide bonds. The molecule has 3 nitrogen and oxygen atoms in total. The molecule has 4 rings (SSSR count). The zero-order valence-electron chi connectivity index (χ0n) is 16.3. The van der Waals surface area contributed by atoms with Crippen molar-refractivity contribution in [1.82, 2.24) is 0 Å². The van der Waals surface area contributed by atoms with Crippen molar-refractivity contribution in [3.8, 4) is 0 Å². The highest BCUT2D eigenvalue weighted by atomic mass is 16.3. The summed E-state index contributed by atoms with van der Waals surface area (Å²) in [5.74, 6) is 2.56. The summed E-state index contributed by atoms with van der Waals surface area (Å²) in [4.78, 5) is 25.3. The fraction of sp³-hybridized carbons (Fsp3) is 0.909. The van der Waals surface area contributed by atoms with E-state index in [1.165, 1.54) is 0 Å². The molecule has 0 aromatic heterocycles. The molecule has 140 valence electrons. The highest BCUT2D eigenvalue weighted by Gasteiger charge is 2.63. The van der Waals surface area contributed by atoms with Crippen LogP contribution in [0.1, 0.15) is 79.1 Å². The van der Waals surface area contributed by atoms with Gasteiger partial charge in [0.05, 0.1) is 5.60 Å². The van der Waals surface area contributed by atoms with Crippen molar-refractivity contribution in [1.29, 1.82) is 0 Å². The summed E-state index contributed by atoms with van der Waals surface area (Å²) in [6.07, 6.45) is 7.54. The molecule has 8 atom stereocenters. The molecular formula is C22H34O3. The average molecular weight is 347 g/mol. The third kappa shape index (κ3) is 2.40. The molecule has 8 unspecified atom stereocenters. The molecule has 25 heavy (non-hydrogen) atoms. The first-order valence-electron chi connectivity index (χ1n) is 10.3. The lowest BCUT2D eigenvalue weighted by Crippen LogP contribution is -2.58. The van der Waals surface area contributed by atoms with E-state index in [1.54, 1.807) is 6.92 Å². The maximum Gasteiger partial charge on any atom is 0.136 e. The lowest BCUT2D eigenvalue weighted by atomic mass is 9.43. The van der Waals surface area contributed by atoms with Crippen molar-refractivity contribution < 1.29 is 14.7 Å². The molecule has 0 aromatic carbocycles. The van der Waals surface area contributed by atoms with E-state index in [9.17, 15) is 14.7 Å². The number of ketones is 2. The van der Waals surface area contributed by atoms with Crippen LogP contribution in [0.5, 0.6) is 0 Å². The van der Waals surface area contributed by atoms with Gasteiger partial charge in [-0.15, -0.1) is 0 Å². The third-order valence-electron chi connectivity index (χ3n) is 9.24. The molecule has 0 aromatic rings. The topological polar surface area (TPSA) is 54.4 Å². The number of carbonyl (C=O) groups excluding carboxylic acids is 2. The lowest BCUT2D eigenvalue weighted by Gasteiger charge is -2.61. The van der Waals surface area contributed by atoms with E-state index < -0.39 is 5.60 Å². The van der Waals surface area contributed by atoms with Crippen LogP contribution in [0.2, 0.25) is 0 Å². The zero-order valence-corrected chi connectivity index (χ0v) is 16.3. The molecule has 0 heterocycles. The van der Waals surface area contributed by atoms with Gasteiger partial charge in [0.15, 0.2) is 0 Å². The maximum absolute atomic E-state index is 13.1. The van der Waals surface area contributed by atoms with Crippen LogP contribution in [0.3, 0.4) is 0 Å². The molecule has 4 saturated carbocycles. The molecule has 0 aliphatic heterocycles. The van der Waals surface area contributed by atoms with Gasteiger partial charge in [0, 0.05) is 18.3 Å². The van der Waals surface area contributed by atoms with Crippen LogP contribution >= 0.6 is 0 Å². The Morgan fingerprint density at radius 3 is 2.36 bits per heavy atom. The smallest absolute Gasteiger partial charge is 0.136 e. The molecule has 0 saturated heterocycles. The van der Waals surface area contributed by atoms with Crippen LogP contribution in [-0.4, -0.2) is 22.3 Å². The minimum absolute atomic E-state index is 0.0341. The second kappa shape index (κ2) is 5.41. The normalized spacial score (nSPS) is 55.2. The summed E-state index contributed by atoms with van der Waals surface area (Å²) in [5.41, 5.74) is -0.516. The van der Waals surface area contributed by atoms with Crippen LogP contribution in [0.25, 0.3) is 0 Å². The number of rotatable bonds is 1. The summed E-state index contributed by atoms with van der Waals surface area (Å²) in [6.45, 7) is 8.33. The van der Waals surface area contributed by atoms with Gasteiger partial charge in [-0.3, -0.25) is 9.59 Å². The zero-order chi connectivity index (χ0) is 18.2. The lowest BCUT2D eigenvalue weighted by molar-refractivity contribution is -0.167. The van der Waals surface area contributed by atoms with Crippen LogP contribution in [0.4, 0.5) is 0 Å². The Balaban J connectivity index is 1.66. The molecule has 3 heteroatoms. The standard InChI is InChI=1S/C22H34O3/c1-13(23)15-5-6-16-14-11-19(24)18-12-20(2,25)9-10-22(18,4)17(14)7-8-21(15,16)3/h14-18,25H,5-12H2,1-4H3. The van der Waals surface area contributed by atoms with Crippen LogP contribution in [0.15, 0.2) is 0 Å². The Bertz CT molecular complexity index is 608. The Kier molecular flexibility index (Phi) is 3.83. The van der Waals surface area contributed by atoms with Crippen LogP contribution in [0, 0.1) is 40.4 Å². The summed E-state index contributed by atoms with van der Waals surface area (Å²) in [7, 11) is 0. The van der Waals surface area contributed by atoms with Crippen molar-refractivity contribution in [3.63, 3.8) is 0 Å². The van der Waals surface area contributed by atoms with Gasteiger partial charge in [0.25, 0.3) is 0 Å². The second-order valence-corrected chi connectivity index (χ2v) is 10.6. The van der Waals surface area contributed by atoms with E-state index in [4.69, 9.17) is 0 Å². The predicted molar refractivity (Wildman–Crippen MR) is 96.9 cm³/mol. The van der Waals surface area contributed by atoms with E-state index in [-0.39, 0.29) is 22.7 Å². The molecule has 4 fully saturated rings. The molecule has 1 N–H and O–H groups in total. The molecule has 4 aliphatic carbocycles. The van der Waals surface area contributed by atoms with Gasteiger partial charge in [-0.05, 0) is 87.4 Å². The Morgan fingerprint density at radius 2 is 1.68 bits per heavy atom. The van der Waals surface area contributed by atoms with Crippen molar-refractivity contribution in [2.75, 3.05) is 0 Å². The molecule has 0 bridgehead atoms. The first kappa shape index (κ1) is 17.7. The molecule has 4 aliphatic rings. The summed E-state index contributed by atoms with van der Waals surface area (Å²) >= 11 is 0. The van der Waals surface area contributed by atoms with Gasteiger partial charge in [0.2, 0.25) is 0 Å². The van der Waals surface area contributed by atoms with Gasteiger partial charge in [-0.1, -0.05) is 13.8 Å². The maximum atomic E-state index is 13.1. The summed E-state index contributed by atoms with van der Waals surface area (Å²) in [6, 6.07) is 0. The quantitative estimate of drug-likeness (QED) is 0.775. The van der Waals surface area contributed by atoms with Gasteiger partial charge in [-0.2, -0.15) is 0 Å². The second-order valence-electron chi connectivity index (χ2n) is 10.6. The average Bonchev–Trinajstić information content (AvgIpc) is 2.87. The SMILES string of the molecule is CC(=O)C1CCC2C3CC(=O)C4CC(C)(O)CCC4(C)C3CCC12C. The number of Topliss-reactive ketones (excluding diaryl/α,β-unsaturated/α-hetero) is 2. The fourth-order valence-electron chi connectivity index (χ4n) is 7.85. The van der Waals surface area contributed by atoms with E-state index in [2.05, 4.69) is 13.8 Å². The first-order chi connectivity index (χ1) is 11.6.